The number of hydrogen-bond acceptors (Lipinski definition) is 1. The Bertz CT molecular complexity index is 802. The number of nitrogens with zero attached hydrogens (tertiary/aromatic N) is 2. The molecule has 1 heterocycles. The molecule has 7 unspecified atom stereocenters. The van der Waals surface area contributed by atoms with Crippen LogP contribution in [0.5, 0.6) is 0 Å². The molecule has 2 nitrogen and oxygen atoms in total. The maximum Gasteiger partial charge on any atom is 0.0646 e. The van der Waals surface area contributed by atoms with Crippen LogP contribution in [0.15, 0.2) is 12.4 Å². The van der Waals surface area contributed by atoms with Gasteiger partial charge < -0.3 is 0 Å². The number of unbranched alkanes of at least 4 members (excludes halogenated alkanes) is 1. The van der Waals surface area contributed by atoms with Crippen LogP contribution in [0.4, 0.5) is 0 Å². The lowest BCUT2D eigenvalue weighted by atomic mass is 9.47. The maximum absolute atomic E-state index is 5.56. The predicted octanol–water partition coefficient (Wildman–Crippen LogP) is 7.97. The summed E-state index contributed by atoms with van der Waals surface area (Å²) in [6, 6.07) is 0. The minimum Gasteiger partial charge on any atom is -0.271 e. The standard InChI is InChI=1S/C30H48N2/c1-7-10-16-29(5)17-14-25-24(27(29)11-8-2)15-18-30(6)26(12-13-28(25)30)22(4)20-32-21-23(9-3)19-31-32/h3,19,21-22,24-28H,7-8,10-18,20H2,1-2,4-6H3/t22?,24?,25?,26?,27?,28?,29-,30?/m0/s1. The van der Waals surface area contributed by atoms with Crippen LogP contribution in [0, 0.1) is 58.7 Å². The molecule has 0 spiro atoms. The topological polar surface area (TPSA) is 17.8 Å². The lowest BCUT2D eigenvalue weighted by Crippen LogP contribution is -2.50. The first-order chi connectivity index (χ1) is 15.4. The zero-order valence-electron chi connectivity index (χ0n) is 21.6. The Morgan fingerprint density at radius 1 is 1.12 bits per heavy atom. The third-order valence-corrected chi connectivity index (χ3v) is 10.7. The molecule has 0 amide bonds. The molecule has 3 aliphatic rings. The number of terminal acetylenes is 1. The summed E-state index contributed by atoms with van der Waals surface area (Å²) in [5.41, 5.74) is 2.03. The Balaban J connectivity index is 1.49. The molecular formula is C30H48N2. The van der Waals surface area contributed by atoms with Crippen molar-refractivity contribution in [2.45, 2.75) is 112 Å². The molecule has 0 aromatic carbocycles. The van der Waals surface area contributed by atoms with E-state index in [2.05, 4.69) is 56.5 Å². The van der Waals surface area contributed by atoms with Gasteiger partial charge in [0.05, 0.1) is 11.8 Å². The molecule has 2 heteroatoms. The van der Waals surface area contributed by atoms with E-state index >= 15 is 0 Å². The van der Waals surface area contributed by atoms with Crippen LogP contribution in [0.25, 0.3) is 0 Å². The van der Waals surface area contributed by atoms with Gasteiger partial charge in [-0.2, -0.15) is 5.10 Å². The van der Waals surface area contributed by atoms with E-state index in [-0.39, 0.29) is 0 Å². The average molecular weight is 437 g/mol. The summed E-state index contributed by atoms with van der Waals surface area (Å²) in [6.07, 6.45) is 25.3. The summed E-state index contributed by atoms with van der Waals surface area (Å²) in [4.78, 5) is 0. The first-order valence-corrected chi connectivity index (χ1v) is 13.8. The molecule has 8 atom stereocenters. The van der Waals surface area contributed by atoms with Crippen molar-refractivity contribution in [1.82, 2.24) is 9.78 Å². The summed E-state index contributed by atoms with van der Waals surface area (Å²) < 4.78 is 2.10. The van der Waals surface area contributed by atoms with E-state index in [4.69, 9.17) is 6.42 Å². The monoisotopic (exact) mass is 436 g/mol. The summed E-state index contributed by atoms with van der Waals surface area (Å²) in [5.74, 6) is 8.09. The van der Waals surface area contributed by atoms with Crippen LogP contribution >= 0.6 is 0 Å². The largest absolute Gasteiger partial charge is 0.271 e. The van der Waals surface area contributed by atoms with E-state index in [1.807, 2.05) is 6.20 Å². The number of rotatable bonds is 8. The number of hydrogen-bond donors (Lipinski definition) is 0. The second-order valence-corrected chi connectivity index (χ2v) is 12.4. The van der Waals surface area contributed by atoms with Crippen molar-refractivity contribution in [1.29, 1.82) is 0 Å². The molecule has 1 aromatic heterocycles. The SMILES string of the molecule is C#Cc1cnn(CC(C)C2CCC3C4CC[C@](C)(CCCC)C(CCC)C4CCC23C)c1. The Hall–Kier alpha value is -1.23. The highest BCUT2D eigenvalue weighted by molar-refractivity contribution is 5.26. The third-order valence-electron chi connectivity index (χ3n) is 10.7. The van der Waals surface area contributed by atoms with Gasteiger partial charge >= 0.3 is 0 Å². The molecule has 4 rings (SSSR count). The van der Waals surface area contributed by atoms with Crippen LogP contribution in [0.2, 0.25) is 0 Å². The highest BCUT2D eigenvalue weighted by atomic mass is 15.3. The van der Waals surface area contributed by atoms with Crippen molar-refractivity contribution < 1.29 is 0 Å². The highest BCUT2D eigenvalue weighted by Gasteiger charge is 2.58. The third kappa shape index (κ3) is 4.19. The Labute approximate surface area is 198 Å². The fraction of sp³-hybridized carbons (Fsp3) is 0.833. The van der Waals surface area contributed by atoms with E-state index in [1.54, 1.807) is 0 Å². The fourth-order valence-electron chi connectivity index (χ4n) is 9.13. The predicted molar refractivity (Wildman–Crippen MR) is 135 cm³/mol. The van der Waals surface area contributed by atoms with E-state index in [1.165, 1.54) is 70.6 Å². The van der Waals surface area contributed by atoms with Gasteiger partial charge in [0, 0.05) is 12.7 Å². The minimum absolute atomic E-state index is 0.524. The lowest BCUT2D eigenvalue weighted by Gasteiger charge is -2.58. The van der Waals surface area contributed by atoms with Crippen LogP contribution in [-0.2, 0) is 6.54 Å². The Kier molecular flexibility index (Phi) is 7.14. The molecule has 0 saturated heterocycles. The average Bonchev–Trinajstić information content (AvgIpc) is 3.38. The van der Waals surface area contributed by atoms with Gasteiger partial charge in [-0.05, 0) is 97.7 Å². The van der Waals surface area contributed by atoms with Crippen molar-refractivity contribution in [2.24, 2.45) is 46.3 Å². The number of fused-ring (bicyclic) bond motifs is 3. The molecule has 3 aliphatic carbocycles. The van der Waals surface area contributed by atoms with Crippen molar-refractivity contribution >= 4 is 0 Å². The van der Waals surface area contributed by atoms with Crippen molar-refractivity contribution in [3.63, 3.8) is 0 Å². The maximum atomic E-state index is 5.56. The molecule has 0 N–H and O–H groups in total. The second kappa shape index (κ2) is 9.56. The van der Waals surface area contributed by atoms with Crippen LogP contribution < -0.4 is 0 Å². The van der Waals surface area contributed by atoms with Gasteiger partial charge in [-0.1, -0.05) is 59.8 Å². The van der Waals surface area contributed by atoms with Gasteiger partial charge in [-0.15, -0.1) is 6.42 Å². The van der Waals surface area contributed by atoms with Crippen LogP contribution in [0.1, 0.15) is 111 Å². The summed E-state index contributed by atoms with van der Waals surface area (Å²) in [7, 11) is 0. The van der Waals surface area contributed by atoms with Crippen molar-refractivity contribution in [2.75, 3.05) is 0 Å². The zero-order chi connectivity index (χ0) is 22.9. The summed E-state index contributed by atoms with van der Waals surface area (Å²) in [6.45, 7) is 13.6. The molecular weight excluding hydrogens is 388 g/mol. The zero-order valence-corrected chi connectivity index (χ0v) is 21.6. The summed E-state index contributed by atoms with van der Waals surface area (Å²) >= 11 is 0. The normalized spacial score (nSPS) is 39.8. The van der Waals surface area contributed by atoms with E-state index in [0.29, 0.717) is 16.7 Å². The molecule has 3 saturated carbocycles. The quantitative estimate of drug-likeness (QED) is 0.378. The van der Waals surface area contributed by atoms with Gasteiger partial charge in [-0.25, -0.2) is 0 Å². The van der Waals surface area contributed by atoms with Crippen molar-refractivity contribution in [3.05, 3.63) is 18.0 Å². The number of aromatic nitrogens is 2. The first-order valence-electron chi connectivity index (χ1n) is 13.8. The van der Waals surface area contributed by atoms with Gasteiger partial charge in [-0.3, -0.25) is 4.68 Å². The van der Waals surface area contributed by atoms with Gasteiger partial charge in [0.15, 0.2) is 0 Å². The molecule has 0 bridgehead atoms. The second-order valence-electron chi connectivity index (χ2n) is 12.4. The summed E-state index contributed by atoms with van der Waals surface area (Å²) in [5, 5.41) is 4.54. The molecule has 32 heavy (non-hydrogen) atoms. The van der Waals surface area contributed by atoms with Crippen molar-refractivity contribution in [3.8, 4) is 12.3 Å². The van der Waals surface area contributed by atoms with Gasteiger partial charge in [0.1, 0.15) is 0 Å². The Morgan fingerprint density at radius 2 is 1.91 bits per heavy atom. The van der Waals surface area contributed by atoms with Gasteiger partial charge in [0.25, 0.3) is 0 Å². The Morgan fingerprint density at radius 3 is 2.59 bits per heavy atom. The smallest absolute Gasteiger partial charge is 0.0646 e. The molecule has 0 radical (unpaired) electrons. The molecule has 0 aliphatic heterocycles. The lowest BCUT2D eigenvalue weighted by molar-refractivity contribution is -0.0913. The van der Waals surface area contributed by atoms with E-state index in [0.717, 1.165) is 41.7 Å². The van der Waals surface area contributed by atoms with Crippen LogP contribution in [0.3, 0.4) is 0 Å². The van der Waals surface area contributed by atoms with Gasteiger partial charge in [0.2, 0.25) is 0 Å². The molecule has 1 aromatic rings. The molecule has 178 valence electrons. The van der Waals surface area contributed by atoms with E-state index < -0.39 is 0 Å². The highest BCUT2D eigenvalue weighted by Crippen LogP contribution is 2.66. The van der Waals surface area contributed by atoms with E-state index in [9.17, 15) is 0 Å². The first kappa shape index (κ1) is 23.9. The fourth-order valence-corrected chi connectivity index (χ4v) is 9.13. The minimum atomic E-state index is 0.524. The molecule has 3 fully saturated rings. The van der Waals surface area contributed by atoms with Crippen LogP contribution in [-0.4, -0.2) is 9.78 Å².